The third-order valence-corrected chi connectivity index (χ3v) is 4.26. The maximum absolute atomic E-state index is 9.81. The van der Waals surface area contributed by atoms with Gasteiger partial charge in [-0.3, -0.25) is 5.10 Å². The molecule has 7 nitrogen and oxygen atoms in total. The molecule has 1 aliphatic rings. The molecular formula is C16H14N6O. The van der Waals surface area contributed by atoms with Crippen LogP contribution in [-0.2, 0) is 0 Å². The fourth-order valence-corrected chi connectivity index (χ4v) is 3.21. The summed E-state index contributed by atoms with van der Waals surface area (Å²) in [6.45, 7) is 4.08. The minimum Gasteiger partial charge on any atom is -0.261 e. The molecule has 3 heterocycles. The predicted octanol–water partition coefficient (Wildman–Crippen LogP) is 2.96. The molecule has 2 atom stereocenters. The van der Waals surface area contributed by atoms with Crippen LogP contribution >= 0.6 is 0 Å². The topological polar surface area (TPSA) is 104 Å². The number of hydrogen-bond acceptors (Lipinski definition) is 6. The summed E-state index contributed by atoms with van der Waals surface area (Å²) in [6, 6.07) is 8.12. The quantitative estimate of drug-likeness (QED) is 0.783. The molecular weight excluding hydrogens is 292 g/mol. The number of aromatic nitrogens is 4. The Kier molecular flexibility index (Phi) is 2.98. The lowest BCUT2D eigenvalue weighted by atomic mass is 9.75. The lowest BCUT2D eigenvalue weighted by Gasteiger charge is -2.28. The summed E-state index contributed by atoms with van der Waals surface area (Å²) in [4.78, 5) is 4.62. The third-order valence-electron chi connectivity index (χ3n) is 4.26. The first-order chi connectivity index (χ1) is 11.2. The van der Waals surface area contributed by atoms with Crippen molar-refractivity contribution in [1.29, 1.82) is 5.26 Å². The molecule has 0 saturated carbocycles. The highest BCUT2D eigenvalue weighted by atomic mass is 16.6. The molecule has 0 amide bonds. The van der Waals surface area contributed by atoms with Gasteiger partial charge in [0.2, 0.25) is 0 Å². The van der Waals surface area contributed by atoms with E-state index in [1.807, 2.05) is 32.0 Å². The standard InChI is InChI=1S/C16H14N6O/c1-8(2)14-10(6-17)13(11-7-18-20-16(11)19-14)9-4-3-5-12-15(9)22-23-21-12/h3-5,7-8,10,13H,1-2H3,(H,18,20). The van der Waals surface area contributed by atoms with Crippen molar-refractivity contribution in [2.24, 2.45) is 16.8 Å². The van der Waals surface area contributed by atoms with Gasteiger partial charge in [-0.25, -0.2) is 9.62 Å². The number of nitrogens with zero attached hydrogens (tertiary/aromatic N) is 5. The molecule has 3 aromatic rings. The Morgan fingerprint density at radius 2 is 2.13 bits per heavy atom. The monoisotopic (exact) mass is 306 g/mol. The van der Waals surface area contributed by atoms with Crippen LogP contribution in [0.25, 0.3) is 11.0 Å². The van der Waals surface area contributed by atoms with Gasteiger partial charge in [-0.05, 0) is 27.9 Å². The van der Waals surface area contributed by atoms with Gasteiger partial charge < -0.3 is 0 Å². The summed E-state index contributed by atoms with van der Waals surface area (Å²) < 4.78 is 4.87. The van der Waals surface area contributed by atoms with Crippen LogP contribution in [0.15, 0.2) is 34.0 Å². The Labute approximate surface area is 132 Å². The second kappa shape index (κ2) is 5.02. The van der Waals surface area contributed by atoms with Crippen LogP contribution in [0.5, 0.6) is 0 Å². The number of aromatic amines is 1. The zero-order valence-corrected chi connectivity index (χ0v) is 12.7. The zero-order chi connectivity index (χ0) is 16.0. The normalized spacial score (nSPS) is 20.3. The van der Waals surface area contributed by atoms with Gasteiger partial charge in [0.05, 0.1) is 18.2 Å². The molecule has 1 aromatic carbocycles. The summed E-state index contributed by atoms with van der Waals surface area (Å²) in [5.74, 6) is 0.300. The van der Waals surface area contributed by atoms with Crippen LogP contribution < -0.4 is 0 Å². The minimum absolute atomic E-state index is 0.160. The van der Waals surface area contributed by atoms with Crippen molar-refractivity contribution >= 4 is 22.6 Å². The fraction of sp³-hybridized carbons (Fsp3) is 0.312. The molecule has 0 aliphatic carbocycles. The number of aliphatic imine (C=N–C) groups is 1. The molecule has 2 unspecified atom stereocenters. The van der Waals surface area contributed by atoms with E-state index in [9.17, 15) is 5.26 Å². The lowest BCUT2D eigenvalue weighted by molar-refractivity contribution is 0.315. The van der Waals surface area contributed by atoms with Crippen LogP contribution in [0.2, 0.25) is 0 Å². The summed E-state index contributed by atoms with van der Waals surface area (Å²) in [6.07, 6.45) is 1.73. The Bertz CT molecular complexity index is 945. The third kappa shape index (κ3) is 1.95. The van der Waals surface area contributed by atoms with E-state index in [0.717, 1.165) is 16.8 Å². The van der Waals surface area contributed by atoms with E-state index in [4.69, 9.17) is 4.63 Å². The van der Waals surface area contributed by atoms with Crippen molar-refractivity contribution in [2.75, 3.05) is 0 Å². The highest BCUT2D eigenvalue weighted by Gasteiger charge is 2.38. The largest absolute Gasteiger partial charge is 0.261 e. The van der Waals surface area contributed by atoms with E-state index in [1.165, 1.54) is 0 Å². The average molecular weight is 306 g/mol. The van der Waals surface area contributed by atoms with Gasteiger partial charge >= 0.3 is 0 Å². The molecule has 0 fully saturated rings. The zero-order valence-electron chi connectivity index (χ0n) is 12.7. The Morgan fingerprint density at radius 1 is 1.26 bits per heavy atom. The molecule has 0 radical (unpaired) electrons. The Hall–Kier alpha value is -3.01. The molecule has 1 aliphatic heterocycles. The average Bonchev–Trinajstić information content (AvgIpc) is 3.20. The predicted molar refractivity (Wildman–Crippen MR) is 83.3 cm³/mol. The second-order valence-electron chi connectivity index (χ2n) is 5.93. The molecule has 4 rings (SSSR count). The maximum atomic E-state index is 9.81. The highest BCUT2D eigenvalue weighted by molar-refractivity contribution is 5.96. The van der Waals surface area contributed by atoms with Crippen molar-refractivity contribution in [3.63, 3.8) is 0 Å². The number of H-pyrrole nitrogens is 1. The van der Waals surface area contributed by atoms with Gasteiger partial charge in [-0.1, -0.05) is 26.0 Å². The number of fused-ring (bicyclic) bond motifs is 2. The van der Waals surface area contributed by atoms with Crippen LogP contribution in [0.3, 0.4) is 0 Å². The minimum atomic E-state index is -0.373. The van der Waals surface area contributed by atoms with Gasteiger partial charge in [-0.2, -0.15) is 10.4 Å². The first-order valence-corrected chi connectivity index (χ1v) is 7.43. The molecule has 114 valence electrons. The van der Waals surface area contributed by atoms with E-state index in [-0.39, 0.29) is 17.8 Å². The van der Waals surface area contributed by atoms with E-state index in [2.05, 4.69) is 31.6 Å². The van der Waals surface area contributed by atoms with E-state index in [0.29, 0.717) is 16.9 Å². The Morgan fingerprint density at radius 3 is 2.91 bits per heavy atom. The summed E-state index contributed by atoms with van der Waals surface area (Å²) >= 11 is 0. The number of nitrogens with one attached hydrogen (secondary N) is 1. The highest BCUT2D eigenvalue weighted by Crippen LogP contribution is 2.43. The SMILES string of the molecule is CC(C)C1=Nc2[nH]ncc2C(c2cccc3nonc23)C1C#N. The molecule has 0 bridgehead atoms. The molecule has 23 heavy (non-hydrogen) atoms. The van der Waals surface area contributed by atoms with Crippen LogP contribution in [0, 0.1) is 23.2 Å². The molecule has 0 spiro atoms. The van der Waals surface area contributed by atoms with E-state index in [1.54, 1.807) is 6.20 Å². The van der Waals surface area contributed by atoms with E-state index >= 15 is 0 Å². The lowest BCUT2D eigenvalue weighted by Crippen LogP contribution is -2.28. The van der Waals surface area contributed by atoms with Crippen molar-refractivity contribution in [1.82, 2.24) is 20.5 Å². The molecule has 7 heteroatoms. The van der Waals surface area contributed by atoms with Crippen molar-refractivity contribution in [3.05, 3.63) is 35.5 Å². The van der Waals surface area contributed by atoms with E-state index < -0.39 is 0 Å². The van der Waals surface area contributed by atoms with Crippen LogP contribution in [0.4, 0.5) is 5.82 Å². The molecule has 0 saturated heterocycles. The molecule has 2 aromatic heterocycles. The first-order valence-electron chi connectivity index (χ1n) is 7.43. The summed E-state index contributed by atoms with van der Waals surface area (Å²) in [5.41, 5.74) is 4.01. The van der Waals surface area contributed by atoms with Crippen LogP contribution in [-0.4, -0.2) is 26.2 Å². The van der Waals surface area contributed by atoms with Gasteiger partial charge in [0.25, 0.3) is 0 Å². The summed E-state index contributed by atoms with van der Waals surface area (Å²) in [7, 11) is 0. The van der Waals surface area contributed by atoms with Gasteiger partial charge in [-0.15, -0.1) is 0 Å². The van der Waals surface area contributed by atoms with Gasteiger partial charge in [0.1, 0.15) is 11.0 Å². The second-order valence-corrected chi connectivity index (χ2v) is 5.93. The maximum Gasteiger partial charge on any atom is 0.151 e. The fourth-order valence-electron chi connectivity index (χ4n) is 3.21. The van der Waals surface area contributed by atoms with Crippen molar-refractivity contribution in [2.45, 2.75) is 19.8 Å². The smallest absolute Gasteiger partial charge is 0.151 e. The van der Waals surface area contributed by atoms with Gasteiger partial charge in [0.15, 0.2) is 5.82 Å². The van der Waals surface area contributed by atoms with Crippen molar-refractivity contribution in [3.8, 4) is 6.07 Å². The number of hydrogen-bond donors (Lipinski definition) is 1. The van der Waals surface area contributed by atoms with Crippen LogP contribution in [0.1, 0.15) is 30.9 Å². The molecule has 1 N–H and O–H groups in total. The number of rotatable bonds is 2. The van der Waals surface area contributed by atoms with Crippen molar-refractivity contribution < 1.29 is 4.63 Å². The number of nitriles is 1. The number of benzene rings is 1. The Balaban J connectivity index is 1.98. The summed E-state index contributed by atoms with van der Waals surface area (Å²) in [5, 5.41) is 24.8. The van der Waals surface area contributed by atoms with Gasteiger partial charge in [0, 0.05) is 17.2 Å². The first kappa shape index (κ1) is 13.6.